The summed E-state index contributed by atoms with van der Waals surface area (Å²) in [5.41, 5.74) is 1.94. The maximum absolute atomic E-state index is 11.6. The first-order chi connectivity index (χ1) is 12.7. The molecule has 0 atom stereocenters. The van der Waals surface area contributed by atoms with Gasteiger partial charge >= 0.3 is 6.09 Å². The van der Waals surface area contributed by atoms with Crippen molar-refractivity contribution in [3.05, 3.63) is 35.4 Å². The van der Waals surface area contributed by atoms with Crippen molar-refractivity contribution in [3.8, 4) is 0 Å². The molecule has 1 aromatic carbocycles. The molecular weight excluding hydrogens is 469 g/mol. The normalized spacial score (nSPS) is 11.6. The molecule has 0 aliphatic rings. The lowest BCUT2D eigenvalue weighted by Gasteiger charge is -2.19. The summed E-state index contributed by atoms with van der Waals surface area (Å²) in [7, 11) is 4.12. The first-order valence-electron chi connectivity index (χ1n) is 9.41. The molecule has 0 unspecified atom stereocenters. The molecule has 0 aliphatic carbocycles. The number of rotatable bonds is 8. The van der Waals surface area contributed by atoms with E-state index in [1.165, 1.54) is 11.1 Å². The second kappa shape index (κ2) is 13.6. The lowest BCUT2D eigenvalue weighted by molar-refractivity contribution is 0.0529. The molecular formula is C20H36IN5O2. The van der Waals surface area contributed by atoms with Crippen molar-refractivity contribution in [2.45, 2.75) is 46.4 Å². The van der Waals surface area contributed by atoms with Gasteiger partial charge in [0.1, 0.15) is 5.60 Å². The van der Waals surface area contributed by atoms with Crippen molar-refractivity contribution in [3.63, 3.8) is 0 Å². The van der Waals surface area contributed by atoms with Gasteiger partial charge in [-0.3, -0.25) is 0 Å². The smallest absolute Gasteiger partial charge is 0.407 e. The molecule has 0 aliphatic heterocycles. The van der Waals surface area contributed by atoms with E-state index in [2.05, 4.69) is 64.2 Å². The SMILES string of the molecule is CCNC(=NCc1cccc(CN(C)C)c1)NCCNC(=O)OC(C)(C)C.I. The van der Waals surface area contributed by atoms with Gasteiger partial charge in [-0.05, 0) is 52.9 Å². The number of guanidine groups is 1. The van der Waals surface area contributed by atoms with Crippen LogP contribution in [0.25, 0.3) is 0 Å². The number of alkyl carbamates (subject to hydrolysis) is 1. The number of halogens is 1. The Labute approximate surface area is 186 Å². The van der Waals surface area contributed by atoms with Crippen LogP contribution in [0, 0.1) is 0 Å². The van der Waals surface area contributed by atoms with E-state index in [1.54, 1.807) is 0 Å². The largest absolute Gasteiger partial charge is 0.444 e. The minimum absolute atomic E-state index is 0. The summed E-state index contributed by atoms with van der Waals surface area (Å²) in [6.45, 7) is 10.8. The van der Waals surface area contributed by atoms with Crippen molar-refractivity contribution >= 4 is 36.0 Å². The van der Waals surface area contributed by atoms with Gasteiger partial charge < -0.3 is 25.6 Å². The minimum Gasteiger partial charge on any atom is -0.444 e. The molecule has 0 bridgehead atoms. The Morgan fingerprint density at radius 3 is 2.36 bits per heavy atom. The number of carbonyl (C=O) groups is 1. The van der Waals surface area contributed by atoms with Gasteiger partial charge in [0.2, 0.25) is 0 Å². The molecule has 0 aromatic heterocycles. The Morgan fingerprint density at radius 2 is 1.75 bits per heavy atom. The minimum atomic E-state index is -0.491. The first-order valence-corrected chi connectivity index (χ1v) is 9.41. The highest BCUT2D eigenvalue weighted by atomic mass is 127. The highest BCUT2D eigenvalue weighted by Gasteiger charge is 2.15. The molecule has 7 nitrogen and oxygen atoms in total. The Kier molecular flexibility index (Phi) is 12.8. The van der Waals surface area contributed by atoms with Crippen LogP contribution >= 0.6 is 24.0 Å². The van der Waals surface area contributed by atoms with Gasteiger partial charge in [-0.25, -0.2) is 9.79 Å². The molecule has 0 saturated carbocycles. The van der Waals surface area contributed by atoms with Crippen LogP contribution in [0.3, 0.4) is 0 Å². The van der Waals surface area contributed by atoms with Gasteiger partial charge in [0, 0.05) is 26.2 Å². The van der Waals surface area contributed by atoms with Gasteiger partial charge in [-0.1, -0.05) is 24.3 Å². The molecule has 0 saturated heterocycles. The third-order valence-electron chi connectivity index (χ3n) is 3.34. The molecule has 0 radical (unpaired) electrons. The number of hydrogen-bond acceptors (Lipinski definition) is 4. The summed E-state index contributed by atoms with van der Waals surface area (Å²) in [5, 5.41) is 9.15. The Morgan fingerprint density at radius 1 is 1.11 bits per heavy atom. The van der Waals surface area contributed by atoms with Crippen molar-refractivity contribution in [2.75, 3.05) is 33.7 Å². The van der Waals surface area contributed by atoms with Gasteiger partial charge in [-0.15, -0.1) is 24.0 Å². The number of carbonyl (C=O) groups excluding carboxylic acids is 1. The van der Waals surface area contributed by atoms with Crippen molar-refractivity contribution in [1.82, 2.24) is 20.9 Å². The molecule has 0 heterocycles. The van der Waals surface area contributed by atoms with E-state index in [-0.39, 0.29) is 24.0 Å². The van der Waals surface area contributed by atoms with Gasteiger partial charge in [0.05, 0.1) is 6.54 Å². The van der Waals surface area contributed by atoms with Crippen LogP contribution in [0.5, 0.6) is 0 Å². The first kappa shape index (κ1) is 26.4. The monoisotopic (exact) mass is 505 g/mol. The van der Waals surface area contributed by atoms with E-state index < -0.39 is 11.7 Å². The zero-order valence-corrected chi connectivity index (χ0v) is 20.3. The average Bonchev–Trinajstić information content (AvgIpc) is 2.54. The summed E-state index contributed by atoms with van der Waals surface area (Å²) in [5.74, 6) is 0.724. The predicted molar refractivity (Wildman–Crippen MR) is 126 cm³/mol. The third kappa shape index (κ3) is 12.8. The van der Waals surface area contributed by atoms with Crippen LogP contribution in [0.15, 0.2) is 29.3 Å². The number of aliphatic imine (C=N–C) groups is 1. The van der Waals surface area contributed by atoms with Crippen LogP contribution in [0.2, 0.25) is 0 Å². The molecule has 160 valence electrons. The fourth-order valence-electron chi connectivity index (χ4n) is 2.36. The van der Waals surface area contributed by atoms with E-state index in [0.717, 1.165) is 19.0 Å². The zero-order chi connectivity index (χ0) is 20.3. The Bertz CT molecular complexity index is 615. The van der Waals surface area contributed by atoms with Crippen molar-refractivity contribution in [1.29, 1.82) is 0 Å². The highest BCUT2D eigenvalue weighted by molar-refractivity contribution is 14.0. The Hall–Kier alpha value is -1.55. The number of amides is 1. The van der Waals surface area contributed by atoms with Crippen LogP contribution in [0.1, 0.15) is 38.8 Å². The van der Waals surface area contributed by atoms with Crippen LogP contribution < -0.4 is 16.0 Å². The molecule has 0 fully saturated rings. The van der Waals surface area contributed by atoms with Crippen molar-refractivity contribution < 1.29 is 9.53 Å². The second-order valence-corrected chi connectivity index (χ2v) is 7.61. The summed E-state index contributed by atoms with van der Waals surface area (Å²) in [6.07, 6.45) is -0.413. The summed E-state index contributed by atoms with van der Waals surface area (Å²) in [6, 6.07) is 8.45. The summed E-state index contributed by atoms with van der Waals surface area (Å²) < 4.78 is 5.21. The van der Waals surface area contributed by atoms with Crippen LogP contribution in [-0.4, -0.2) is 56.3 Å². The topological polar surface area (TPSA) is 78.0 Å². The maximum Gasteiger partial charge on any atom is 0.407 e. The van der Waals surface area contributed by atoms with Gasteiger partial charge in [-0.2, -0.15) is 0 Å². The second-order valence-electron chi connectivity index (χ2n) is 7.61. The molecule has 1 rings (SSSR count). The Balaban J connectivity index is 0.00000729. The lowest BCUT2D eigenvalue weighted by atomic mass is 10.1. The molecule has 0 spiro atoms. The van der Waals surface area contributed by atoms with Crippen molar-refractivity contribution in [2.24, 2.45) is 4.99 Å². The molecule has 8 heteroatoms. The fraction of sp³-hybridized carbons (Fsp3) is 0.600. The van der Waals surface area contributed by atoms with E-state index >= 15 is 0 Å². The van der Waals surface area contributed by atoms with E-state index in [4.69, 9.17) is 4.74 Å². The maximum atomic E-state index is 11.6. The quantitative estimate of drug-likeness (QED) is 0.219. The molecule has 28 heavy (non-hydrogen) atoms. The predicted octanol–water partition coefficient (Wildman–Crippen LogP) is 2.95. The number of nitrogens with zero attached hydrogens (tertiary/aromatic N) is 2. The van der Waals surface area contributed by atoms with E-state index in [1.807, 2.05) is 27.7 Å². The van der Waals surface area contributed by atoms with E-state index in [0.29, 0.717) is 19.6 Å². The third-order valence-corrected chi connectivity index (χ3v) is 3.34. The molecule has 1 aromatic rings. The van der Waals surface area contributed by atoms with Crippen LogP contribution in [0.4, 0.5) is 4.79 Å². The average molecular weight is 505 g/mol. The van der Waals surface area contributed by atoms with Crippen LogP contribution in [-0.2, 0) is 17.8 Å². The number of ether oxygens (including phenoxy) is 1. The fourth-order valence-corrected chi connectivity index (χ4v) is 2.36. The summed E-state index contributed by atoms with van der Waals surface area (Å²) in [4.78, 5) is 18.4. The van der Waals surface area contributed by atoms with Gasteiger partial charge in [0.15, 0.2) is 5.96 Å². The molecule has 3 N–H and O–H groups in total. The lowest BCUT2D eigenvalue weighted by Crippen LogP contribution is -2.42. The number of hydrogen-bond donors (Lipinski definition) is 3. The standard InChI is InChI=1S/C20H35N5O2.HI/c1-7-21-18(22-11-12-23-19(26)27-20(2,3)4)24-14-16-9-8-10-17(13-16)15-25(5)6;/h8-10,13H,7,11-12,14-15H2,1-6H3,(H,23,26)(H2,21,22,24);1H. The zero-order valence-electron chi connectivity index (χ0n) is 18.0. The van der Waals surface area contributed by atoms with Gasteiger partial charge in [0.25, 0.3) is 0 Å². The number of benzene rings is 1. The van der Waals surface area contributed by atoms with E-state index in [9.17, 15) is 4.79 Å². The molecule has 1 amide bonds. The summed E-state index contributed by atoms with van der Waals surface area (Å²) >= 11 is 0. The highest BCUT2D eigenvalue weighted by Crippen LogP contribution is 2.08. The number of nitrogens with one attached hydrogen (secondary N) is 3.